The van der Waals surface area contributed by atoms with Crippen molar-refractivity contribution in [2.24, 2.45) is 0 Å². The number of benzene rings is 1. The standard InChI is InChI=1S/C15H22N2O2/c1-4-16-13-8-6-5-7-12(13)15(18)17(3)14-9-10-19-11(14)2/h5-8,11,14,16H,4,9-10H2,1-3H3. The average molecular weight is 262 g/mol. The van der Waals surface area contributed by atoms with E-state index in [1.807, 2.05) is 50.1 Å². The Morgan fingerprint density at radius 3 is 2.84 bits per heavy atom. The van der Waals surface area contributed by atoms with E-state index in [1.54, 1.807) is 0 Å². The summed E-state index contributed by atoms with van der Waals surface area (Å²) in [7, 11) is 1.86. The van der Waals surface area contributed by atoms with Gasteiger partial charge in [0.05, 0.1) is 17.7 Å². The molecule has 1 aromatic carbocycles. The lowest BCUT2D eigenvalue weighted by molar-refractivity contribution is 0.0575. The lowest BCUT2D eigenvalue weighted by Gasteiger charge is -2.27. The van der Waals surface area contributed by atoms with Crippen LogP contribution in [0.1, 0.15) is 30.6 Å². The van der Waals surface area contributed by atoms with Crippen molar-refractivity contribution in [1.29, 1.82) is 0 Å². The van der Waals surface area contributed by atoms with Gasteiger partial charge in [0.15, 0.2) is 0 Å². The molecule has 0 radical (unpaired) electrons. The first-order chi connectivity index (χ1) is 9.15. The molecule has 4 nitrogen and oxygen atoms in total. The molecule has 1 aliphatic rings. The van der Waals surface area contributed by atoms with E-state index in [0.717, 1.165) is 30.8 Å². The molecule has 4 heteroatoms. The van der Waals surface area contributed by atoms with Crippen LogP contribution in [0.15, 0.2) is 24.3 Å². The molecule has 104 valence electrons. The zero-order valence-corrected chi connectivity index (χ0v) is 11.8. The highest BCUT2D eigenvalue weighted by Gasteiger charge is 2.31. The number of carbonyl (C=O) groups is 1. The second-order valence-electron chi connectivity index (χ2n) is 4.92. The number of hydrogen-bond donors (Lipinski definition) is 1. The van der Waals surface area contributed by atoms with Crippen LogP contribution in [0.3, 0.4) is 0 Å². The molecule has 2 rings (SSSR count). The number of carbonyl (C=O) groups excluding carboxylic acids is 1. The Kier molecular flexibility index (Phi) is 4.43. The van der Waals surface area contributed by atoms with E-state index in [2.05, 4.69) is 5.32 Å². The predicted octanol–water partition coefficient (Wildman–Crippen LogP) is 2.37. The van der Waals surface area contributed by atoms with E-state index in [9.17, 15) is 4.79 Å². The van der Waals surface area contributed by atoms with E-state index in [0.29, 0.717) is 0 Å². The van der Waals surface area contributed by atoms with Gasteiger partial charge in [-0.05, 0) is 32.4 Å². The highest BCUT2D eigenvalue weighted by Crippen LogP contribution is 2.23. The molecule has 2 unspecified atom stereocenters. The fourth-order valence-corrected chi connectivity index (χ4v) is 2.58. The van der Waals surface area contributed by atoms with Gasteiger partial charge in [0, 0.05) is 25.9 Å². The smallest absolute Gasteiger partial charge is 0.256 e. The third-order valence-electron chi connectivity index (χ3n) is 3.68. The summed E-state index contributed by atoms with van der Waals surface area (Å²) in [6.07, 6.45) is 1.02. The lowest BCUT2D eigenvalue weighted by atomic mass is 10.1. The molecule has 0 spiro atoms. The van der Waals surface area contributed by atoms with Gasteiger partial charge in [0.25, 0.3) is 5.91 Å². The minimum atomic E-state index is 0.0545. The summed E-state index contributed by atoms with van der Waals surface area (Å²) in [5.74, 6) is 0.0545. The molecular formula is C15H22N2O2. The average Bonchev–Trinajstić information content (AvgIpc) is 2.84. The van der Waals surface area contributed by atoms with Crippen molar-refractivity contribution in [3.63, 3.8) is 0 Å². The van der Waals surface area contributed by atoms with Crippen LogP contribution in [0.25, 0.3) is 0 Å². The van der Waals surface area contributed by atoms with Crippen molar-refractivity contribution >= 4 is 11.6 Å². The van der Waals surface area contributed by atoms with E-state index in [-0.39, 0.29) is 18.1 Å². The first-order valence-electron chi connectivity index (χ1n) is 6.86. The molecule has 0 aliphatic carbocycles. The second-order valence-corrected chi connectivity index (χ2v) is 4.92. The van der Waals surface area contributed by atoms with Gasteiger partial charge in [-0.1, -0.05) is 12.1 Å². The van der Waals surface area contributed by atoms with Crippen LogP contribution in [0.4, 0.5) is 5.69 Å². The molecule has 1 N–H and O–H groups in total. The van der Waals surface area contributed by atoms with E-state index < -0.39 is 0 Å². The number of rotatable bonds is 4. The van der Waals surface area contributed by atoms with Crippen molar-refractivity contribution in [3.05, 3.63) is 29.8 Å². The molecule has 2 atom stereocenters. The number of likely N-dealkylation sites (N-methyl/N-ethyl adjacent to an activating group) is 1. The van der Waals surface area contributed by atoms with E-state index >= 15 is 0 Å². The number of ether oxygens (including phenoxy) is 1. The largest absolute Gasteiger partial charge is 0.385 e. The fraction of sp³-hybridized carbons (Fsp3) is 0.533. The van der Waals surface area contributed by atoms with Gasteiger partial charge in [-0.25, -0.2) is 0 Å². The van der Waals surface area contributed by atoms with Crippen molar-refractivity contribution in [1.82, 2.24) is 4.90 Å². The molecule has 1 heterocycles. The van der Waals surface area contributed by atoms with Crippen LogP contribution in [0.2, 0.25) is 0 Å². The van der Waals surface area contributed by atoms with Crippen molar-refractivity contribution in [3.8, 4) is 0 Å². The summed E-state index contributed by atoms with van der Waals surface area (Å²) in [6.45, 7) is 5.59. The van der Waals surface area contributed by atoms with Gasteiger partial charge in [0.2, 0.25) is 0 Å². The zero-order chi connectivity index (χ0) is 13.8. The van der Waals surface area contributed by atoms with Crippen LogP contribution in [0, 0.1) is 0 Å². The fourth-order valence-electron chi connectivity index (χ4n) is 2.58. The normalized spacial score (nSPS) is 22.3. The summed E-state index contributed by atoms with van der Waals surface area (Å²) in [5, 5.41) is 3.23. The minimum Gasteiger partial charge on any atom is -0.385 e. The quantitative estimate of drug-likeness (QED) is 0.905. The maximum Gasteiger partial charge on any atom is 0.256 e. The molecule has 1 aromatic rings. The molecule has 1 fully saturated rings. The molecule has 1 amide bonds. The topological polar surface area (TPSA) is 41.6 Å². The molecular weight excluding hydrogens is 240 g/mol. The van der Waals surface area contributed by atoms with Gasteiger partial charge in [-0.2, -0.15) is 0 Å². The van der Waals surface area contributed by atoms with Gasteiger partial charge in [-0.15, -0.1) is 0 Å². The molecule has 19 heavy (non-hydrogen) atoms. The van der Waals surface area contributed by atoms with Crippen molar-refractivity contribution in [2.75, 3.05) is 25.5 Å². The predicted molar refractivity (Wildman–Crippen MR) is 76.5 cm³/mol. The molecule has 0 aromatic heterocycles. The first-order valence-corrected chi connectivity index (χ1v) is 6.86. The highest BCUT2D eigenvalue weighted by atomic mass is 16.5. The maximum atomic E-state index is 12.6. The number of hydrogen-bond acceptors (Lipinski definition) is 3. The summed E-state index contributed by atoms with van der Waals surface area (Å²) in [6, 6.07) is 7.82. The Balaban J connectivity index is 2.19. The van der Waals surface area contributed by atoms with Crippen LogP contribution in [-0.2, 0) is 4.74 Å². The summed E-state index contributed by atoms with van der Waals surface area (Å²) < 4.78 is 5.54. The number of amides is 1. The zero-order valence-electron chi connectivity index (χ0n) is 11.8. The number of para-hydroxylation sites is 1. The van der Waals surface area contributed by atoms with E-state index in [4.69, 9.17) is 4.74 Å². The van der Waals surface area contributed by atoms with Gasteiger partial charge in [-0.3, -0.25) is 4.79 Å². The third-order valence-corrected chi connectivity index (χ3v) is 3.68. The third kappa shape index (κ3) is 2.89. The Morgan fingerprint density at radius 1 is 1.47 bits per heavy atom. The summed E-state index contributed by atoms with van der Waals surface area (Å²) >= 11 is 0. The number of nitrogens with one attached hydrogen (secondary N) is 1. The second kappa shape index (κ2) is 6.06. The van der Waals surface area contributed by atoms with Gasteiger partial charge >= 0.3 is 0 Å². The minimum absolute atomic E-state index is 0.0545. The molecule has 1 aliphatic heterocycles. The van der Waals surface area contributed by atoms with Crippen LogP contribution < -0.4 is 5.32 Å². The van der Waals surface area contributed by atoms with Crippen LogP contribution in [-0.4, -0.2) is 43.2 Å². The Bertz CT molecular complexity index is 448. The SMILES string of the molecule is CCNc1ccccc1C(=O)N(C)C1CCOC1C. The number of anilines is 1. The van der Waals surface area contributed by atoms with Gasteiger partial charge in [0.1, 0.15) is 0 Å². The Labute approximate surface area is 114 Å². The maximum absolute atomic E-state index is 12.6. The number of nitrogens with zero attached hydrogens (tertiary/aromatic N) is 1. The summed E-state index contributed by atoms with van der Waals surface area (Å²) in [5.41, 5.74) is 1.62. The van der Waals surface area contributed by atoms with E-state index in [1.165, 1.54) is 0 Å². The Hall–Kier alpha value is -1.55. The Morgan fingerprint density at radius 2 is 2.21 bits per heavy atom. The van der Waals surface area contributed by atoms with Gasteiger partial charge < -0.3 is 15.0 Å². The van der Waals surface area contributed by atoms with Crippen LogP contribution in [0.5, 0.6) is 0 Å². The lowest BCUT2D eigenvalue weighted by Crippen LogP contribution is -2.41. The summed E-state index contributed by atoms with van der Waals surface area (Å²) in [4.78, 5) is 14.4. The van der Waals surface area contributed by atoms with Crippen LogP contribution >= 0.6 is 0 Å². The first kappa shape index (κ1) is 13.9. The highest BCUT2D eigenvalue weighted by molar-refractivity contribution is 5.99. The van der Waals surface area contributed by atoms with Crippen molar-refractivity contribution in [2.45, 2.75) is 32.4 Å². The molecule has 0 saturated carbocycles. The molecule has 1 saturated heterocycles. The molecule has 0 bridgehead atoms. The van der Waals surface area contributed by atoms with Crippen molar-refractivity contribution < 1.29 is 9.53 Å². The monoisotopic (exact) mass is 262 g/mol.